The molecule has 4 N–H and O–H groups in total. The van der Waals surface area contributed by atoms with Gasteiger partial charge in [-0.2, -0.15) is 0 Å². The third-order valence-electron chi connectivity index (χ3n) is 2.27. The molecule has 7 nitrogen and oxygen atoms in total. The van der Waals surface area contributed by atoms with Crippen LogP contribution >= 0.6 is 0 Å². The van der Waals surface area contributed by atoms with Gasteiger partial charge in [0.15, 0.2) is 0 Å². The maximum Gasteiger partial charge on any atom is 0.233 e. The molecule has 0 aromatic heterocycles. The summed E-state index contributed by atoms with van der Waals surface area (Å²) in [4.78, 5) is 0. The number of hydrogen-bond acceptors (Lipinski definition) is 5. The second kappa shape index (κ2) is 5.75. The normalized spacial score (nSPS) is 12.1. The number of amidine groups is 1. The Morgan fingerprint density at radius 3 is 2.35 bits per heavy atom. The number of sulfone groups is 1. The molecule has 0 bridgehead atoms. The second-order valence-corrected chi connectivity index (χ2v) is 8.26. The summed E-state index contributed by atoms with van der Waals surface area (Å²) >= 11 is 0. The van der Waals surface area contributed by atoms with Crippen molar-refractivity contribution in [1.82, 2.24) is 0 Å². The van der Waals surface area contributed by atoms with Crippen molar-refractivity contribution in [1.29, 1.82) is 5.41 Å². The van der Waals surface area contributed by atoms with Crippen LogP contribution in [0.1, 0.15) is 5.56 Å². The Morgan fingerprint density at radius 2 is 1.90 bits per heavy atom. The van der Waals surface area contributed by atoms with Crippen LogP contribution in [0, 0.1) is 11.2 Å². The van der Waals surface area contributed by atoms with E-state index < -0.39 is 37.2 Å². The van der Waals surface area contributed by atoms with Gasteiger partial charge in [-0.15, -0.1) is 0 Å². The molecule has 0 heterocycles. The number of nitrogen functional groups attached to an aromatic ring is 1. The van der Waals surface area contributed by atoms with Crippen molar-refractivity contribution in [3.05, 3.63) is 29.6 Å². The quantitative estimate of drug-likeness (QED) is 0.497. The van der Waals surface area contributed by atoms with Crippen molar-refractivity contribution in [2.75, 3.05) is 22.5 Å². The number of anilines is 1. The lowest BCUT2D eigenvalue weighted by Crippen LogP contribution is -2.23. The van der Waals surface area contributed by atoms with Crippen molar-refractivity contribution in [3.63, 3.8) is 0 Å². The second-order valence-electron chi connectivity index (χ2n) is 4.16. The molecule has 0 atom stereocenters. The van der Waals surface area contributed by atoms with E-state index in [2.05, 4.69) is 0 Å². The van der Waals surface area contributed by atoms with E-state index in [9.17, 15) is 21.2 Å². The number of hydrogen-bond donors (Lipinski definition) is 3. The van der Waals surface area contributed by atoms with Gasteiger partial charge in [0.05, 0.1) is 17.2 Å². The van der Waals surface area contributed by atoms with Crippen LogP contribution in [-0.4, -0.2) is 40.4 Å². The van der Waals surface area contributed by atoms with Crippen LogP contribution in [0.4, 0.5) is 10.1 Å². The van der Waals surface area contributed by atoms with Crippen LogP contribution in [0.5, 0.6) is 0 Å². The summed E-state index contributed by atoms with van der Waals surface area (Å²) in [6.07, 6.45) is 0.907. The van der Waals surface area contributed by atoms with Gasteiger partial charge < -0.3 is 5.73 Å². The molecule has 0 saturated heterocycles. The van der Waals surface area contributed by atoms with Gasteiger partial charge in [0.2, 0.25) is 10.0 Å². The predicted molar refractivity (Wildman–Crippen MR) is 74.5 cm³/mol. The van der Waals surface area contributed by atoms with Crippen LogP contribution in [0.15, 0.2) is 18.2 Å². The van der Waals surface area contributed by atoms with Crippen LogP contribution in [0.2, 0.25) is 0 Å². The van der Waals surface area contributed by atoms with Crippen molar-refractivity contribution in [2.45, 2.75) is 0 Å². The molecule has 1 aromatic carbocycles. The lowest BCUT2D eigenvalue weighted by Gasteiger charge is -2.09. The number of benzene rings is 1. The average Bonchev–Trinajstić information content (AvgIpc) is 2.28. The first-order valence-electron chi connectivity index (χ1n) is 5.32. The minimum atomic E-state index is -3.98. The third-order valence-corrected chi connectivity index (χ3v) is 4.75. The summed E-state index contributed by atoms with van der Waals surface area (Å²) in [5.74, 6) is -2.48. The molecular formula is C10H14FN3O4S2. The van der Waals surface area contributed by atoms with E-state index in [1.54, 1.807) is 0 Å². The number of halogens is 1. The Labute approximate surface area is 116 Å². The van der Waals surface area contributed by atoms with Crippen molar-refractivity contribution in [3.8, 4) is 0 Å². The highest BCUT2D eigenvalue weighted by atomic mass is 32.2. The van der Waals surface area contributed by atoms with Crippen molar-refractivity contribution < 1.29 is 21.2 Å². The zero-order valence-corrected chi connectivity index (χ0v) is 12.2. The highest BCUT2D eigenvalue weighted by Crippen LogP contribution is 2.17. The molecular weight excluding hydrogens is 309 g/mol. The fourth-order valence-electron chi connectivity index (χ4n) is 1.25. The Hall–Kier alpha value is -1.68. The fourth-order valence-corrected chi connectivity index (χ4v) is 3.94. The van der Waals surface area contributed by atoms with Gasteiger partial charge in [0.1, 0.15) is 21.5 Å². The van der Waals surface area contributed by atoms with E-state index in [0.29, 0.717) is 0 Å². The topological polar surface area (TPSA) is 130 Å². The third kappa shape index (κ3) is 5.13. The molecule has 0 aliphatic rings. The summed E-state index contributed by atoms with van der Waals surface area (Å²) < 4.78 is 60.6. The molecule has 20 heavy (non-hydrogen) atoms. The van der Waals surface area contributed by atoms with Gasteiger partial charge in [0.25, 0.3) is 0 Å². The molecule has 0 radical (unpaired) electrons. The zero-order valence-electron chi connectivity index (χ0n) is 10.6. The maximum atomic E-state index is 13.6. The highest BCUT2D eigenvalue weighted by molar-refractivity contribution is 7.95. The summed E-state index contributed by atoms with van der Waals surface area (Å²) in [5.41, 5.74) is 4.95. The monoisotopic (exact) mass is 323 g/mol. The van der Waals surface area contributed by atoms with Gasteiger partial charge in [-0.05, 0) is 18.2 Å². The molecule has 112 valence electrons. The van der Waals surface area contributed by atoms with E-state index in [1.165, 1.54) is 6.07 Å². The molecule has 0 saturated carbocycles. The van der Waals surface area contributed by atoms with Crippen LogP contribution in [0.25, 0.3) is 0 Å². The van der Waals surface area contributed by atoms with Gasteiger partial charge in [-0.25, -0.2) is 21.2 Å². The Kier molecular flexibility index (Phi) is 4.71. The minimum absolute atomic E-state index is 0.113. The molecule has 0 spiro atoms. The smallest absolute Gasteiger partial charge is 0.233 e. The minimum Gasteiger partial charge on any atom is -0.384 e. The molecule has 0 unspecified atom stereocenters. The van der Waals surface area contributed by atoms with E-state index in [0.717, 1.165) is 18.4 Å². The van der Waals surface area contributed by atoms with E-state index in [-0.39, 0.29) is 17.1 Å². The molecule has 0 amide bonds. The summed E-state index contributed by atoms with van der Waals surface area (Å²) in [7, 11) is -7.41. The lowest BCUT2D eigenvalue weighted by molar-refractivity contribution is 0.592. The summed E-state index contributed by atoms with van der Waals surface area (Å²) in [6, 6.07) is 3.31. The highest BCUT2D eigenvalue weighted by Gasteiger charge is 2.16. The molecule has 0 fully saturated rings. The Bertz CT molecular complexity index is 729. The number of sulfonamides is 1. The van der Waals surface area contributed by atoms with E-state index >= 15 is 0 Å². The Balaban J connectivity index is 2.90. The summed E-state index contributed by atoms with van der Waals surface area (Å²) in [6.45, 7) is 0. The molecule has 0 aliphatic heterocycles. The van der Waals surface area contributed by atoms with Gasteiger partial charge in [-0.1, -0.05) is 0 Å². The maximum absolute atomic E-state index is 13.6. The predicted octanol–water partition coefficient (Wildman–Crippen LogP) is -0.104. The van der Waals surface area contributed by atoms with Crippen LogP contribution in [0.3, 0.4) is 0 Å². The molecule has 0 aliphatic carbocycles. The van der Waals surface area contributed by atoms with Gasteiger partial charge in [-0.3, -0.25) is 10.1 Å². The standard InChI is InChI=1S/C10H14FN3O4S2/c1-19(15,16)4-5-20(17,18)14-9-3-2-7(10(12)13)6-8(9)11/h2-3,6,14H,4-5H2,1H3,(H3,12,13). The molecule has 1 rings (SSSR count). The SMILES string of the molecule is CS(=O)(=O)CCS(=O)(=O)Nc1ccc(C(=N)N)cc1F. The number of nitrogens with two attached hydrogens (primary N) is 1. The first-order valence-corrected chi connectivity index (χ1v) is 9.03. The fraction of sp³-hybridized carbons (Fsp3) is 0.300. The van der Waals surface area contributed by atoms with Crippen LogP contribution in [-0.2, 0) is 19.9 Å². The number of nitrogens with one attached hydrogen (secondary N) is 2. The van der Waals surface area contributed by atoms with Crippen LogP contribution < -0.4 is 10.5 Å². The van der Waals surface area contributed by atoms with Crippen molar-refractivity contribution >= 4 is 31.4 Å². The van der Waals surface area contributed by atoms with Crippen molar-refractivity contribution in [2.24, 2.45) is 5.73 Å². The number of rotatable bonds is 6. The van der Waals surface area contributed by atoms with E-state index in [1.807, 2.05) is 4.72 Å². The molecule has 10 heteroatoms. The Morgan fingerprint density at radius 1 is 1.30 bits per heavy atom. The first-order chi connectivity index (χ1) is 9.00. The summed E-state index contributed by atoms with van der Waals surface area (Å²) in [5, 5.41) is 7.12. The van der Waals surface area contributed by atoms with Gasteiger partial charge >= 0.3 is 0 Å². The lowest BCUT2D eigenvalue weighted by atomic mass is 10.2. The zero-order chi connectivity index (χ0) is 15.6. The largest absolute Gasteiger partial charge is 0.384 e. The first kappa shape index (κ1) is 16.4. The average molecular weight is 323 g/mol. The van der Waals surface area contributed by atoms with E-state index in [4.69, 9.17) is 11.1 Å². The molecule has 1 aromatic rings. The van der Waals surface area contributed by atoms with Gasteiger partial charge in [0, 0.05) is 11.8 Å².